The maximum atomic E-state index is 12.6. The highest BCUT2D eigenvalue weighted by atomic mass is 32.2. The van der Waals surface area contributed by atoms with E-state index in [1.54, 1.807) is 12.1 Å². The van der Waals surface area contributed by atoms with Crippen molar-refractivity contribution in [2.24, 2.45) is 0 Å². The molecule has 2 aromatic heterocycles. The van der Waals surface area contributed by atoms with Crippen LogP contribution in [0.25, 0.3) is 5.65 Å². The van der Waals surface area contributed by atoms with Gasteiger partial charge in [-0.15, -0.1) is 11.8 Å². The molecule has 2 N–H and O–H groups in total. The quantitative estimate of drug-likeness (QED) is 0.372. The minimum atomic E-state index is -0.352. The molecular formula is C23H20N4O2S. The lowest BCUT2D eigenvalue weighted by Crippen LogP contribution is -2.42. The van der Waals surface area contributed by atoms with E-state index in [1.807, 2.05) is 77.5 Å². The number of carbonyl (C=O) groups excluding carboxylic acids is 2. The minimum absolute atomic E-state index is 0.200. The van der Waals surface area contributed by atoms with Gasteiger partial charge in [0, 0.05) is 23.0 Å². The lowest BCUT2D eigenvalue weighted by molar-refractivity contribution is -0.121. The van der Waals surface area contributed by atoms with Gasteiger partial charge >= 0.3 is 0 Å². The molecule has 0 fully saturated rings. The molecule has 0 aliphatic heterocycles. The molecule has 0 saturated heterocycles. The van der Waals surface area contributed by atoms with Crippen LogP contribution >= 0.6 is 11.8 Å². The van der Waals surface area contributed by atoms with Gasteiger partial charge in [0.15, 0.2) is 0 Å². The molecule has 0 unspecified atom stereocenters. The summed E-state index contributed by atoms with van der Waals surface area (Å²) >= 11 is 1.53. The van der Waals surface area contributed by atoms with E-state index in [0.29, 0.717) is 11.3 Å². The maximum absolute atomic E-state index is 12.6. The first-order valence-electron chi connectivity index (χ1n) is 9.46. The Morgan fingerprint density at radius 3 is 2.50 bits per heavy atom. The molecule has 4 rings (SSSR count). The Morgan fingerprint density at radius 2 is 1.67 bits per heavy atom. The fourth-order valence-corrected chi connectivity index (χ4v) is 3.94. The number of fused-ring (bicyclic) bond motifs is 1. The molecule has 0 radical (unpaired) electrons. The van der Waals surface area contributed by atoms with Gasteiger partial charge in [0.1, 0.15) is 5.65 Å². The molecule has 4 aromatic rings. The van der Waals surface area contributed by atoms with Gasteiger partial charge in [-0.05, 0) is 29.8 Å². The largest absolute Gasteiger partial charge is 0.307 e. The van der Waals surface area contributed by atoms with Gasteiger partial charge in [-0.3, -0.25) is 20.4 Å². The summed E-state index contributed by atoms with van der Waals surface area (Å²) in [4.78, 5) is 30.1. The van der Waals surface area contributed by atoms with Crippen LogP contribution in [-0.4, -0.2) is 21.2 Å². The number of benzene rings is 2. The van der Waals surface area contributed by atoms with Crippen molar-refractivity contribution in [1.29, 1.82) is 0 Å². The van der Waals surface area contributed by atoms with Crippen molar-refractivity contribution < 1.29 is 9.59 Å². The second kappa shape index (κ2) is 9.28. The standard InChI is InChI=1S/C23H20N4O2S/c28-22(14-17-8-2-1-3-9-17)25-26-23(29)19-10-4-5-11-20(19)30-16-18-15-27-13-7-6-12-21(27)24-18/h1-13,15H,14,16H2,(H,25,28)(H,26,29). The van der Waals surface area contributed by atoms with Crippen LogP contribution in [-0.2, 0) is 17.0 Å². The zero-order valence-electron chi connectivity index (χ0n) is 16.1. The number of hydrogen-bond acceptors (Lipinski definition) is 4. The SMILES string of the molecule is O=C(Cc1ccccc1)NNC(=O)c1ccccc1SCc1cn2ccccc2n1. The third-order valence-corrected chi connectivity index (χ3v) is 5.55. The molecule has 0 aliphatic rings. The summed E-state index contributed by atoms with van der Waals surface area (Å²) in [5.74, 6) is 0.00527. The van der Waals surface area contributed by atoms with E-state index in [0.717, 1.165) is 21.8 Å². The molecule has 0 bridgehead atoms. The van der Waals surface area contributed by atoms with Crippen molar-refractivity contribution in [1.82, 2.24) is 20.2 Å². The van der Waals surface area contributed by atoms with Gasteiger partial charge in [-0.1, -0.05) is 48.5 Å². The van der Waals surface area contributed by atoms with Crippen molar-refractivity contribution in [3.05, 3.63) is 102 Å². The summed E-state index contributed by atoms with van der Waals surface area (Å²) in [7, 11) is 0. The van der Waals surface area contributed by atoms with E-state index < -0.39 is 0 Å². The normalized spacial score (nSPS) is 10.7. The van der Waals surface area contributed by atoms with Crippen LogP contribution in [0.2, 0.25) is 0 Å². The number of hydrogen-bond donors (Lipinski definition) is 2. The highest BCUT2D eigenvalue weighted by Crippen LogP contribution is 2.26. The van der Waals surface area contributed by atoms with Crippen LogP contribution in [0.4, 0.5) is 0 Å². The fourth-order valence-electron chi connectivity index (χ4n) is 3.01. The maximum Gasteiger partial charge on any atom is 0.270 e. The molecule has 150 valence electrons. The summed E-state index contributed by atoms with van der Waals surface area (Å²) in [6.07, 6.45) is 4.14. The van der Waals surface area contributed by atoms with E-state index in [4.69, 9.17) is 0 Å². The molecule has 0 aliphatic carbocycles. The summed E-state index contributed by atoms with van der Waals surface area (Å²) in [6, 6.07) is 22.5. The third-order valence-electron chi connectivity index (χ3n) is 4.44. The number of thioether (sulfide) groups is 1. The highest BCUT2D eigenvalue weighted by molar-refractivity contribution is 7.98. The Morgan fingerprint density at radius 1 is 0.900 bits per heavy atom. The Hall–Kier alpha value is -3.58. The van der Waals surface area contributed by atoms with Crippen LogP contribution in [0.5, 0.6) is 0 Å². The first-order chi connectivity index (χ1) is 14.7. The molecule has 0 atom stereocenters. The highest BCUT2D eigenvalue weighted by Gasteiger charge is 2.13. The molecule has 2 heterocycles. The number of nitrogens with zero attached hydrogens (tertiary/aromatic N) is 2. The second-order valence-electron chi connectivity index (χ2n) is 6.65. The van der Waals surface area contributed by atoms with Crippen molar-refractivity contribution >= 4 is 29.2 Å². The molecule has 30 heavy (non-hydrogen) atoms. The van der Waals surface area contributed by atoms with Gasteiger partial charge in [0.2, 0.25) is 5.91 Å². The molecule has 7 heteroatoms. The zero-order chi connectivity index (χ0) is 20.8. The van der Waals surface area contributed by atoms with Crippen LogP contribution in [0.3, 0.4) is 0 Å². The Bertz CT molecular complexity index is 1140. The Labute approximate surface area is 178 Å². The first kappa shape index (κ1) is 19.7. The zero-order valence-corrected chi connectivity index (χ0v) is 16.9. The lowest BCUT2D eigenvalue weighted by Gasteiger charge is -2.10. The van der Waals surface area contributed by atoms with Crippen molar-refractivity contribution in [2.75, 3.05) is 0 Å². The molecule has 0 spiro atoms. The smallest absolute Gasteiger partial charge is 0.270 e. The van der Waals surface area contributed by atoms with E-state index in [1.165, 1.54) is 11.8 Å². The number of pyridine rings is 1. The lowest BCUT2D eigenvalue weighted by atomic mass is 10.1. The van der Waals surface area contributed by atoms with Gasteiger partial charge < -0.3 is 4.40 Å². The predicted molar refractivity (Wildman–Crippen MR) is 117 cm³/mol. The second-order valence-corrected chi connectivity index (χ2v) is 7.67. The summed E-state index contributed by atoms with van der Waals surface area (Å²) < 4.78 is 1.97. The number of nitrogens with one attached hydrogen (secondary N) is 2. The van der Waals surface area contributed by atoms with E-state index in [2.05, 4.69) is 15.8 Å². The van der Waals surface area contributed by atoms with Crippen LogP contribution in [0.1, 0.15) is 21.6 Å². The summed E-state index contributed by atoms with van der Waals surface area (Å²) in [5, 5.41) is 0. The number of rotatable bonds is 6. The number of amides is 2. The molecule has 6 nitrogen and oxygen atoms in total. The van der Waals surface area contributed by atoms with Crippen molar-refractivity contribution in [3.8, 4) is 0 Å². The first-order valence-corrected chi connectivity index (χ1v) is 10.4. The molecule has 2 amide bonds. The minimum Gasteiger partial charge on any atom is -0.307 e. The van der Waals surface area contributed by atoms with E-state index in [9.17, 15) is 9.59 Å². The Kier molecular flexibility index (Phi) is 6.10. The third kappa shape index (κ3) is 4.87. The number of aromatic nitrogens is 2. The van der Waals surface area contributed by atoms with Gasteiger partial charge in [-0.2, -0.15) is 0 Å². The molecule has 2 aromatic carbocycles. The summed E-state index contributed by atoms with van der Waals surface area (Å²) in [5.41, 5.74) is 8.20. The van der Waals surface area contributed by atoms with Crippen molar-refractivity contribution in [3.63, 3.8) is 0 Å². The van der Waals surface area contributed by atoms with Gasteiger partial charge in [0.05, 0.1) is 17.7 Å². The topological polar surface area (TPSA) is 75.5 Å². The average Bonchev–Trinajstić information content (AvgIpc) is 3.20. The number of hydrazine groups is 1. The number of carbonyl (C=O) groups is 2. The van der Waals surface area contributed by atoms with Crippen LogP contribution in [0.15, 0.2) is 90.1 Å². The Balaban J connectivity index is 1.37. The van der Waals surface area contributed by atoms with E-state index >= 15 is 0 Å². The van der Waals surface area contributed by atoms with Crippen LogP contribution < -0.4 is 10.9 Å². The predicted octanol–water partition coefficient (Wildman–Crippen LogP) is 3.63. The number of imidazole rings is 1. The van der Waals surface area contributed by atoms with Crippen LogP contribution in [0, 0.1) is 0 Å². The molecule has 0 saturated carbocycles. The fraction of sp³-hybridized carbons (Fsp3) is 0.0870. The van der Waals surface area contributed by atoms with Gasteiger partial charge in [-0.25, -0.2) is 4.98 Å². The summed E-state index contributed by atoms with van der Waals surface area (Å²) in [6.45, 7) is 0. The van der Waals surface area contributed by atoms with Gasteiger partial charge in [0.25, 0.3) is 5.91 Å². The van der Waals surface area contributed by atoms with E-state index in [-0.39, 0.29) is 18.2 Å². The molecular weight excluding hydrogens is 396 g/mol. The monoisotopic (exact) mass is 416 g/mol. The average molecular weight is 417 g/mol. The van der Waals surface area contributed by atoms with Crippen molar-refractivity contribution in [2.45, 2.75) is 17.1 Å².